The van der Waals surface area contributed by atoms with Gasteiger partial charge in [-0.25, -0.2) is 0 Å². The molecule has 2 N–H and O–H groups in total. The Morgan fingerprint density at radius 3 is 2.66 bits per heavy atom. The predicted molar refractivity (Wildman–Crippen MR) is 154 cm³/mol. The summed E-state index contributed by atoms with van der Waals surface area (Å²) >= 11 is 0. The van der Waals surface area contributed by atoms with Crippen LogP contribution in [0.15, 0.2) is 53.6 Å². The minimum Gasteiger partial charge on any atom is -0.348 e. The second-order valence-electron chi connectivity index (χ2n) is 10.5. The lowest BCUT2D eigenvalue weighted by atomic mass is 9.94. The molecular weight excluding hydrogens is 474 g/mol. The van der Waals surface area contributed by atoms with E-state index in [0.717, 1.165) is 62.6 Å². The third-order valence-corrected chi connectivity index (χ3v) is 7.30. The Hall–Kier alpha value is -4.13. The standard InChI is InChI=1S/C31H35N5O2/c1-7-8-21-13-19(4)33-31(38)27(21)16-32-30(37)25-15-26(22-9-10-23-17-35(6)34-28(23)14-22)24-11-12-36(18(2)3)29(24)20(25)5/h9-15,17-18H,7-8,16H2,1-6H3,(H,32,37)(H,33,38). The van der Waals surface area contributed by atoms with E-state index in [1.807, 2.05) is 43.9 Å². The molecule has 3 heterocycles. The summed E-state index contributed by atoms with van der Waals surface area (Å²) in [4.78, 5) is 29.3. The van der Waals surface area contributed by atoms with E-state index in [1.54, 1.807) is 0 Å². The highest BCUT2D eigenvalue weighted by atomic mass is 16.1. The van der Waals surface area contributed by atoms with Crippen molar-refractivity contribution in [1.82, 2.24) is 24.6 Å². The molecule has 0 saturated heterocycles. The lowest BCUT2D eigenvalue weighted by molar-refractivity contribution is 0.0950. The molecule has 0 aliphatic heterocycles. The van der Waals surface area contributed by atoms with Crippen LogP contribution >= 0.6 is 0 Å². The minimum atomic E-state index is -0.191. The largest absolute Gasteiger partial charge is 0.348 e. The number of fused-ring (bicyclic) bond motifs is 2. The van der Waals surface area contributed by atoms with Gasteiger partial charge in [0, 0.05) is 59.6 Å². The van der Waals surface area contributed by atoms with Gasteiger partial charge in [0.05, 0.1) is 11.0 Å². The highest BCUT2D eigenvalue weighted by Crippen LogP contribution is 2.36. The fourth-order valence-corrected chi connectivity index (χ4v) is 5.47. The van der Waals surface area contributed by atoms with Crippen LogP contribution < -0.4 is 10.9 Å². The first kappa shape index (κ1) is 25.5. The summed E-state index contributed by atoms with van der Waals surface area (Å²) in [6.07, 6.45) is 5.81. The number of aryl methyl sites for hydroxylation is 4. The van der Waals surface area contributed by atoms with Crippen molar-refractivity contribution in [2.75, 3.05) is 0 Å². The molecule has 2 aromatic carbocycles. The number of rotatable bonds is 7. The summed E-state index contributed by atoms with van der Waals surface area (Å²) in [6, 6.07) is 12.6. The van der Waals surface area contributed by atoms with E-state index >= 15 is 0 Å². The predicted octanol–water partition coefficient (Wildman–Crippen LogP) is 5.96. The van der Waals surface area contributed by atoms with Crippen LogP contribution in [0, 0.1) is 13.8 Å². The zero-order valence-corrected chi connectivity index (χ0v) is 23.0. The van der Waals surface area contributed by atoms with E-state index in [-0.39, 0.29) is 24.1 Å². The number of pyridine rings is 1. The molecule has 0 fully saturated rings. The Kier molecular flexibility index (Phi) is 6.69. The van der Waals surface area contributed by atoms with Crippen LogP contribution in [0.5, 0.6) is 0 Å². The Morgan fingerprint density at radius 1 is 1.13 bits per heavy atom. The number of hydrogen-bond donors (Lipinski definition) is 2. The molecule has 7 heteroatoms. The first-order valence-electron chi connectivity index (χ1n) is 13.3. The second-order valence-corrected chi connectivity index (χ2v) is 10.5. The van der Waals surface area contributed by atoms with Gasteiger partial charge in [0.25, 0.3) is 11.5 Å². The zero-order chi connectivity index (χ0) is 27.1. The molecule has 7 nitrogen and oxygen atoms in total. The normalized spacial score (nSPS) is 11.7. The summed E-state index contributed by atoms with van der Waals surface area (Å²) in [5.74, 6) is -0.191. The maximum absolute atomic E-state index is 13.7. The molecule has 0 atom stereocenters. The second kappa shape index (κ2) is 9.97. The molecular formula is C31H35N5O2. The van der Waals surface area contributed by atoms with Crippen LogP contribution in [-0.2, 0) is 20.0 Å². The van der Waals surface area contributed by atoms with Crippen molar-refractivity contribution in [3.05, 3.63) is 87.1 Å². The molecule has 0 aliphatic carbocycles. The maximum Gasteiger partial charge on any atom is 0.253 e. The van der Waals surface area contributed by atoms with Gasteiger partial charge < -0.3 is 14.9 Å². The molecule has 0 radical (unpaired) electrons. The zero-order valence-electron chi connectivity index (χ0n) is 23.0. The lowest BCUT2D eigenvalue weighted by Gasteiger charge is -2.17. The SMILES string of the molecule is CCCc1cc(C)[nH]c(=O)c1CNC(=O)c1cc(-c2ccc3cn(C)nc3c2)c2ccn(C(C)C)c2c1C. The third-order valence-electron chi connectivity index (χ3n) is 7.30. The molecule has 3 aromatic heterocycles. The fraction of sp³-hybridized carbons (Fsp3) is 0.323. The Morgan fingerprint density at radius 2 is 1.92 bits per heavy atom. The molecule has 38 heavy (non-hydrogen) atoms. The fourth-order valence-electron chi connectivity index (χ4n) is 5.47. The smallest absolute Gasteiger partial charge is 0.253 e. The number of nitrogens with zero attached hydrogens (tertiary/aromatic N) is 3. The van der Waals surface area contributed by atoms with Gasteiger partial charge in [-0.3, -0.25) is 14.3 Å². The van der Waals surface area contributed by atoms with Crippen molar-refractivity contribution in [2.45, 2.75) is 60.0 Å². The Balaban J connectivity index is 1.60. The van der Waals surface area contributed by atoms with Gasteiger partial charge in [-0.15, -0.1) is 0 Å². The molecule has 0 aliphatic rings. The quantitative estimate of drug-likeness (QED) is 0.284. The molecule has 0 unspecified atom stereocenters. The van der Waals surface area contributed by atoms with Crippen molar-refractivity contribution >= 4 is 27.7 Å². The number of H-pyrrole nitrogens is 1. The molecule has 0 bridgehead atoms. The van der Waals surface area contributed by atoms with Gasteiger partial charge >= 0.3 is 0 Å². The van der Waals surface area contributed by atoms with Gasteiger partial charge in [0.2, 0.25) is 0 Å². The first-order valence-corrected chi connectivity index (χ1v) is 13.3. The van der Waals surface area contributed by atoms with E-state index in [9.17, 15) is 9.59 Å². The summed E-state index contributed by atoms with van der Waals surface area (Å²) in [6.45, 7) is 10.4. The lowest BCUT2D eigenvalue weighted by Crippen LogP contribution is -2.29. The van der Waals surface area contributed by atoms with Gasteiger partial charge in [-0.1, -0.05) is 25.5 Å². The number of hydrogen-bond acceptors (Lipinski definition) is 3. The van der Waals surface area contributed by atoms with Gasteiger partial charge in [-0.05, 0) is 80.6 Å². The van der Waals surface area contributed by atoms with E-state index in [4.69, 9.17) is 0 Å². The van der Waals surface area contributed by atoms with Crippen molar-refractivity contribution in [2.24, 2.45) is 7.05 Å². The van der Waals surface area contributed by atoms with Crippen molar-refractivity contribution < 1.29 is 4.79 Å². The van der Waals surface area contributed by atoms with E-state index < -0.39 is 0 Å². The van der Waals surface area contributed by atoms with Crippen molar-refractivity contribution in [1.29, 1.82) is 0 Å². The van der Waals surface area contributed by atoms with Crippen LogP contribution in [0.25, 0.3) is 32.9 Å². The number of aromatic nitrogens is 4. The molecule has 0 saturated carbocycles. The van der Waals surface area contributed by atoms with Crippen LogP contribution in [0.1, 0.15) is 66.0 Å². The average Bonchev–Trinajstić information content (AvgIpc) is 3.47. The van der Waals surface area contributed by atoms with E-state index in [0.29, 0.717) is 11.1 Å². The number of carbonyl (C=O) groups is 1. The minimum absolute atomic E-state index is 0.140. The number of carbonyl (C=O) groups excluding carboxylic acids is 1. The number of nitrogens with one attached hydrogen (secondary N) is 2. The summed E-state index contributed by atoms with van der Waals surface area (Å²) < 4.78 is 4.03. The Labute approximate surface area is 222 Å². The van der Waals surface area contributed by atoms with Crippen LogP contribution in [0.4, 0.5) is 0 Å². The van der Waals surface area contributed by atoms with Crippen molar-refractivity contribution in [3.8, 4) is 11.1 Å². The molecule has 0 spiro atoms. The summed E-state index contributed by atoms with van der Waals surface area (Å²) in [5, 5.41) is 9.81. The van der Waals surface area contributed by atoms with E-state index in [1.165, 1.54) is 0 Å². The van der Waals surface area contributed by atoms with Crippen molar-refractivity contribution in [3.63, 3.8) is 0 Å². The highest BCUT2D eigenvalue weighted by molar-refractivity contribution is 6.07. The molecule has 1 amide bonds. The van der Waals surface area contributed by atoms with E-state index in [2.05, 4.69) is 71.2 Å². The third kappa shape index (κ3) is 4.53. The highest BCUT2D eigenvalue weighted by Gasteiger charge is 2.20. The first-order chi connectivity index (χ1) is 18.2. The number of amides is 1. The maximum atomic E-state index is 13.7. The van der Waals surface area contributed by atoms with Crippen LogP contribution in [0.2, 0.25) is 0 Å². The average molecular weight is 510 g/mol. The van der Waals surface area contributed by atoms with Gasteiger partial charge in [-0.2, -0.15) is 5.10 Å². The van der Waals surface area contributed by atoms with Crippen LogP contribution in [-0.4, -0.2) is 25.2 Å². The topological polar surface area (TPSA) is 84.7 Å². The molecule has 196 valence electrons. The van der Waals surface area contributed by atoms with Crippen LogP contribution in [0.3, 0.4) is 0 Å². The monoisotopic (exact) mass is 509 g/mol. The number of benzene rings is 2. The molecule has 5 aromatic rings. The molecule has 5 rings (SSSR count). The number of aromatic amines is 1. The van der Waals surface area contributed by atoms with Gasteiger partial charge in [0.1, 0.15) is 0 Å². The Bertz CT molecular complexity index is 1740. The summed E-state index contributed by atoms with van der Waals surface area (Å²) in [7, 11) is 1.92. The van der Waals surface area contributed by atoms with Gasteiger partial charge in [0.15, 0.2) is 0 Å². The summed E-state index contributed by atoms with van der Waals surface area (Å²) in [5.41, 5.74) is 7.78.